The van der Waals surface area contributed by atoms with Crippen LogP contribution in [-0.4, -0.2) is 12.5 Å². The van der Waals surface area contributed by atoms with Crippen LogP contribution in [0, 0.1) is 11.8 Å². The molecule has 0 unspecified atom stereocenters. The second-order valence-electron chi connectivity index (χ2n) is 3.29. The molecule has 1 rings (SSSR count). The van der Waals surface area contributed by atoms with Crippen LogP contribution in [-0.2, 0) is 0 Å². The number of hydrogen-bond acceptors (Lipinski definition) is 1. The van der Waals surface area contributed by atoms with Crippen molar-refractivity contribution < 1.29 is 4.74 Å². The smallest absolute Gasteiger partial charge is 0.139 e. The Kier molecular flexibility index (Phi) is 6.58. The topological polar surface area (TPSA) is 9.23 Å². The monoisotopic (exact) mass is 290 g/mol. The Morgan fingerprint density at radius 1 is 1.24 bits per heavy atom. The van der Waals surface area contributed by atoms with Gasteiger partial charge in [-0.1, -0.05) is 35.0 Å². The van der Waals surface area contributed by atoms with E-state index >= 15 is 0 Å². The van der Waals surface area contributed by atoms with Crippen molar-refractivity contribution in [3.8, 4) is 17.6 Å². The predicted molar refractivity (Wildman–Crippen MR) is 74.5 cm³/mol. The zero-order valence-electron chi connectivity index (χ0n) is 9.53. The van der Waals surface area contributed by atoms with Crippen LogP contribution in [0.1, 0.15) is 25.3 Å². The lowest BCUT2D eigenvalue weighted by Crippen LogP contribution is -1.93. The van der Waals surface area contributed by atoms with Crippen LogP contribution in [0.25, 0.3) is 0 Å². The molecule has 0 atom stereocenters. The van der Waals surface area contributed by atoms with Crippen molar-refractivity contribution >= 4 is 34.8 Å². The third kappa shape index (κ3) is 4.68. The number of halogens is 3. The summed E-state index contributed by atoms with van der Waals surface area (Å²) < 4.78 is 5.33. The summed E-state index contributed by atoms with van der Waals surface area (Å²) in [5, 5.41) is 1.08. The van der Waals surface area contributed by atoms with Gasteiger partial charge in [0.05, 0.1) is 16.7 Å². The van der Waals surface area contributed by atoms with Crippen LogP contribution in [0.2, 0.25) is 10.0 Å². The van der Waals surface area contributed by atoms with E-state index in [0.717, 1.165) is 18.4 Å². The first-order valence-electron chi connectivity index (χ1n) is 5.35. The number of ether oxygens (including phenoxy) is 1. The van der Waals surface area contributed by atoms with Crippen molar-refractivity contribution in [1.82, 2.24) is 0 Å². The second-order valence-corrected chi connectivity index (χ2v) is 4.48. The highest BCUT2D eigenvalue weighted by Crippen LogP contribution is 2.30. The zero-order chi connectivity index (χ0) is 12.7. The molecule has 0 aliphatic carbocycles. The fraction of sp³-hybridized carbons (Fsp3) is 0.385. The van der Waals surface area contributed by atoms with E-state index in [0.29, 0.717) is 28.3 Å². The molecule has 0 aliphatic rings. The lowest BCUT2D eigenvalue weighted by Gasteiger charge is -2.06. The maximum absolute atomic E-state index is 6.08. The molecule has 0 bridgehead atoms. The summed E-state index contributed by atoms with van der Waals surface area (Å²) in [7, 11) is 0. The number of benzene rings is 1. The molecule has 0 saturated carbocycles. The maximum atomic E-state index is 6.08. The minimum absolute atomic E-state index is 0.526. The molecule has 0 aromatic heterocycles. The van der Waals surface area contributed by atoms with Gasteiger partial charge in [0.15, 0.2) is 0 Å². The molecule has 4 heteroatoms. The molecule has 17 heavy (non-hydrogen) atoms. The molecule has 0 spiro atoms. The Morgan fingerprint density at radius 3 is 2.65 bits per heavy atom. The molecule has 1 aromatic carbocycles. The Balaban J connectivity index is 2.86. The molecule has 0 aliphatic heterocycles. The summed E-state index contributed by atoms with van der Waals surface area (Å²) in [5.74, 6) is 7.19. The Labute approximate surface area is 117 Å². The summed E-state index contributed by atoms with van der Waals surface area (Å²) in [4.78, 5) is 0. The minimum Gasteiger partial charge on any atom is -0.492 e. The highest BCUT2D eigenvalue weighted by molar-refractivity contribution is 6.35. The van der Waals surface area contributed by atoms with E-state index in [1.54, 1.807) is 12.1 Å². The van der Waals surface area contributed by atoms with Crippen molar-refractivity contribution in [1.29, 1.82) is 0 Å². The van der Waals surface area contributed by atoms with Gasteiger partial charge in [-0.15, -0.1) is 11.6 Å². The van der Waals surface area contributed by atoms with Crippen molar-refractivity contribution in [3.05, 3.63) is 27.7 Å². The van der Waals surface area contributed by atoms with Crippen LogP contribution >= 0.6 is 34.8 Å². The average Bonchev–Trinajstić information content (AvgIpc) is 2.30. The molecule has 92 valence electrons. The first-order valence-corrected chi connectivity index (χ1v) is 6.64. The zero-order valence-corrected chi connectivity index (χ0v) is 11.8. The van der Waals surface area contributed by atoms with Crippen molar-refractivity contribution in [2.75, 3.05) is 12.5 Å². The lowest BCUT2D eigenvalue weighted by molar-refractivity contribution is 0.340. The van der Waals surface area contributed by atoms with Gasteiger partial charge >= 0.3 is 0 Å². The molecule has 0 amide bonds. The highest BCUT2D eigenvalue weighted by atomic mass is 35.5. The first kappa shape index (κ1) is 14.5. The molecule has 0 saturated heterocycles. The van der Waals surface area contributed by atoms with Gasteiger partial charge in [-0.3, -0.25) is 0 Å². The Hall–Kier alpha value is -0.550. The average molecular weight is 292 g/mol. The molecular weight excluding hydrogens is 279 g/mol. The quantitative estimate of drug-likeness (QED) is 0.441. The summed E-state index contributed by atoms with van der Waals surface area (Å²) in [5.41, 5.74) is 0.717. The maximum Gasteiger partial charge on any atom is 0.139 e. The third-order valence-electron chi connectivity index (χ3n) is 1.98. The minimum atomic E-state index is 0.526. The highest BCUT2D eigenvalue weighted by Gasteiger charge is 2.06. The van der Waals surface area contributed by atoms with Gasteiger partial charge in [0, 0.05) is 23.9 Å². The summed E-state index contributed by atoms with van der Waals surface area (Å²) in [6.07, 6.45) is 1.63. The Morgan fingerprint density at radius 2 is 2.00 bits per heavy atom. The van der Waals surface area contributed by atoms with E-state index < -0.39 is 0 Å². The van der Waals surface area contributed by atoms with Gasteiger partial charge in [0.25, 0.3) is 0 Å². The van der Waals surface area contributed by atoms with E-state index in [4.69, 9.17) is 39.5 Å². The van der Waals surface area contributed by atoms with Crippen LogP contribution < -0.4 is 4.74 Å². The van der Waals surface area contributed by atoms with Crippen LogP contribution in [0.5, 0.6) is 5.75 Å². The summed E-state index contributed by atoms with van der Waals surface area (Å²) in [6, 6.07) is 3.42. The van der Waals surface area contributed by atoms with E-state index in [-0.39, 0.29) is 0 Å². The van der Waals surface area contributed by atoms with E-state index in [2.05, 4.69) is 11.8 Å². The SMILES string of the molecule is CCOc1cc(Cl)c(C#CCCCCl)cc1Cl. The van der Waals surface area contributed by atoms with E-state index in [1.165, 1.54) is 0 Å². The van der Waals surface area contributed by atoms with Gasteiger partial charge in [-0.25, -0.2) is 0 Å². The molecule has 0 fully saturated rings. The van der Waals surface area contributed by atoms with Crippen LogP contribution in [0.15, 0.2) is 12.1 Å². The van der Waals surface area contributed by atoms with Crippen molar-refractivity contribution in [2.24, 2.45) is 0 Å². The molecule has 1 aromatic rings. The molecule has 0 heterocycles. The van der Waals surface area contributed by atoms with Gasteiger partial charge in [-0.2, -0.15) is 0 Å². The van der Waals surface area contributed by atoms with Crippen molar-refractivity contribution in [3.63, 3.8) is 0 Å². The largest absolute Gasteiger partial charge is 0.492 e. The van der Waals surface area contributed by atoms with E-state index in [1.807, 2.05) is 6.92 Å². The third-order valence-corrected chi connectivity index (χ3v) is 2.86. The fourth-order valence-corrected chi connectivity index (χ4v) is 1.76. The number of alkyl halides is 1. The standard InChI is InChI=1S/C13H13Cl3O/c1-2-17-13-9-11(15)10(8-12(13)16)6-4-3-5-7-14/h8-9H,2-3,5,7H2,1H3. The fourth-order valence-electron chi connectivity index (χ4n) is 1.20. The molecular formula is C13H13Cl3O. The van der Waals surface area contributed by atoms with Crippen molar-refractivity contribution in [2.45, 2.75) is 19.8 Å². The summed E-state index contributed by atoms with van der Waals surface area (Å²) >= 11 is 17.7. The normalized spacial score (nSPS) is 9.65. The van der Waals surface area contributed by atoms with Crippen LogP contribution in [0.4, 0.5) is 0 Å². The molecule has 0 radical (unpaired) electrons. The molecule has 1 nitrogen and oxygen atoms in total. The van der Waals surface area contributed by atoms with Gasteiger partial charge in [-0.05, 0) is 19.4 Å². The lowest BCUT2D eigenvalue weighted by atomic mass is 10.2. The second kappa shape index (κ2) is 7.71. The Bertz CT molecular complexity index is 432. The summed E-state index contributed by atoms with van der Waals surface area (Å²) in [6.45, 7) is 2.45. The van der Waals surface area contributed by atoms with E-state index in [9.17, 15) is 0 Å². The van der Waals surface area contributed by atoms with Crippen LogP contribution in [0.3, 0.4) is 0 Å². The molecule has 0 N–H and O–H groups in total. The van der Waals surface area contributed by atoms with Gasteiger partial charge < -0.3 is 4.74 Å². The number of hydrogen-bond donors (Lipinski definition) is 0. The first-order chi connectivity index (χ1) is 8.19. The number of unbranched alkanes of at least 4 members (excludes halogenated alkanes) is 1. The predicted octanol–water partition coefficient (Wildman–Crippen LogP) is 4.76. The number of rotatable bonds is 4. The van der Waals surface area contributed by atoms with Gasteiger partial charge in [0.1, 0.15) is 5.75 Å². The van der Waals surface area contributed by atoms with Gasteiger partial charge in [0.2, 0.25) is 0 Å².